The number of sulfone groups is 1. The molecule has 0 heterocycles. The number of aliphatic carboxylic acids is 1. The first-order valence-corrected chi connectivity index (χ1v) is 8.48. The highest BCUT2D eigenvalue weighted by Gasteiger charge is 2.23. The number of carbonyl (C=O) groups excluding carboxylic acids is 1. The summed E-state index contributed by atoms with van der Waals surface area (Å²) in [5.74, 6) is -3.59. The topological polar surface area (TPSA) is 101 Å². The van der Waals surface area contributed by atoms with E-state index in [0.29, 0.717) is 12.8 Å². The summed E-state index contributed by atoms with van der Waals surface area (Å²) >= 11 is 0. The maximum Gasteiger partial charge on any atom is 0.328 e. The molecule has 1 aromatic carbocycles. The molecule has 0 saturated carbocycles. The Kier molecular flexibility index (Phi) is 6.97. The molecule has 0 fully saturated rings. The number of nitrogens with one attached hydrogen (secondary N) is 1. The van der Waals surface area contributed by atoms with Gasteiger partial charge in [0.05, 0.1) is 5.75 Å². The lowest BCUT2D eigenvalue weighted by Crippen LogP contribution is -2.44. The van der Waals surface area contributed by atoms with Crippen LogP contribution < -0.4 is 5.32 Å². The summed E-state index contributed by atoms with van der Waals surface area (Å²) in [5, 5.41) is 10.4. The van der Waals surface area contributed by atoms with Gasteiger partial charge in [-0.05, 0) is 18.4 Å². The molecule has 0 bridgehead atoms. The molecular weight excluding hydrogens is 313 g/mol. The van der Waals surface area contributed by atoms with Crippen molar-refractivity contribution in [3.8, 4) is 0 Å². The minimum absolute atomic E-state index is 0.192. The van der Waals surface area contributed by atoms with Gasteiger partial charge in [0.2, 0.25) is 5.91 Å². The van der Waals surface area contributed by atoms with E-state index in [1.54, 1.807) is 0 Å². The van der Waals surface area contributed by atoms with Crippen molar-refractivity contribution in [3.63, 3.8) is 0 Å². The van der Waals surface area contributed by atoms with E-state index in [2.05, 4.69) is 0 Å². The normalized spacial score (nSPS) is 12.6. The second-order valence-electron chi connectivity index (χ2n) is 4.79. The molecule has 2 N–H and O–H groups in total. The summed E-state index contributed by atoms with van der Waals surface area (Å²) in [6.45, 7) is -1.30. The number of aryl methyl sites for hydroxylation is 1. The fraction of sp³-hybridized carbons (Fsp3) is 0.429. The first kappa shape index (κ1) is 18.1. The van der Waals surface area contributed by atoms with Gasteiger partial charge in [0.1, 0.15) is 12.4 Å². The van der Waals surface area contributed by atoms with Crippen molar-refractivity contribution in [2.24, 2.45) is 0 Å². The molecule has 1 aromatic rings. The van der Waals surface area contributed by atoms with Gasteiger partial charge in [-0.1, -0.05) is 30.3 Å². The molecule has 0 aliphatic carbocycles. The Morgan fingerprint density at radius 3 is 2.41 bits per heavy atom. The van der Waals surface area contributed by atoms with Gasteiger partial charge in [0.25, 0.3) is 0 Å². The van der Waals surface area contributed by atoms with E-state index in [0.717, 1.165) is 5.56 Å². The highest BCUT2D eigenvalue weighted by atomic mass is 32.2. The number of carbonyl (C=O) groups is 2. The van der Waals surface area contributed by atoms with Crippen LogP contribution in [0.3, 0.4) is 0 Å². The van der Waals surface area contributed by atoms with Crippen molar-refractivity contribution >= 4 is 21.7 Å². The average molecular weight is 331 g/mol. The summed E-state index contributed by atoms with van der Waals surface area (Å²) < 4.78 is 35.9. The van der Waals surface area contributed by atoms with Crippen molar-refractivity contribution in [3.05, 3.63) is 35.9 Å². The number of hydrogen-bond acceptors (Lipinski definition) is 4. The molecule has 1 amide bonds. The highest BCUT2D eigenvalue weighted by molar-refractivity contribution is 7.92. The molecule has 0 spiro atoms. The minimum atomic E-state index is -3.66. The van der Waals surface area contributed by atoms with Crippen LogP contribution in [0.25, 0.3) is 0 Å². The first-order valence-electron chi connectivity index (χ1n) is 6.66. The van der Waals surface area contributed by atoms with Crippen LogP contribution >= 0.6 is 0 Å². The summed E-state index contributed by atoms with van der Waals surface area (Å²) in [5.41, 5.74) is 0.991. The maximum atomic E-state index is 12.3. The van der Waals surface area contributed by atoms with Crippen LogP contribution in [0.4, 0.5) is 4.39 Å². The number of hydrogen-bond donors (Lipinski definition) is 2. The Labute approximate surface area is 128 Å². The van der Waals surface area contributed by atoms with Crippen LogP contribution in [0.1, 0.15) is 12.0 Å². The van der Waals surface area contributed by atoms with Gasteiger partial charge < -0.3 is 10.4 Å². The number of carboxylic acids is 1. The SMILES string of the molecule is O=C(CS(=O)(=O)CCCc1ccccc1)NC(CF)C(=O)O. The standard InChI is InChI=1S/C14H18FNO5S/c15-9-12(14(18)19)16-13(17)10-22(20,21)8-4-7-11-5-2-1-3-6-11/h1-3,5-6,12H,4,7-10H2,(H,16,17)(H,18,19). The van der Waals surface area contributed by atoms with Gasteiger partial charge in [-0.15, -0.1) is 0 Å². The van der Waals surface area contributed by atoms with Crippen molar-refractivity contribution < 1.29 is 27.5 Å². The first-order chi connectivity index (χ1) is 10.3. The summed E-state index contributed by atoms with van der Waals surface area (Å²) in [7, 11) is -3.66. The molecule has 0 aromatic heterocycles. The Morgan fingerprint density at radius 2 is 1.86 bits per heavy atom. The third-order valence-corrected chi connectivity index (χ3v) is 4.51. The number of halogens is 1. The van der Waals surface area contributed by atoms with E-state index in [-0.39, 0.29) is 5.75 Å². The number of amides is 1. The number of benzene rings is 1. The van der Waals surface area contributed by atoms with Crippen molar-refractivity contribution in [2.45, 2.75) is 18.9 Å². The van der Waals surface area contributed by atoms with Crippen LogP contribution in [-0.2, 0) is 25.8 Å². The van der Waals surface area contributed by atoms with E-state index < -0.39 is 40.2 Å². The summed E-state index contributed by atoms with van der Waals surface area (Å²) in [4.78, 5) is 22.0. The molecule has 8 heteroatoms. The molecule has 0 saturated heterocycles. The number of rotatable bonds is 9. The predicted octanol–water partition coefficient (Wildman–Crippen LogP) is 0.573. The van der Waals surface area contributed by atoms with Crippen LogP contribution in [0.2, 0.25) is 0 Å². The van der Waals surface area contributed by atoms with Crippen LogP contribution in [-0.4, -0.2) is 49.6 Å². The van der Waals surface area contributed by atoms with E-state index in [9.17, 15) is 22.4 Å². The Hall–Kier alpha value is -1.96. The van der Waals surface area contributed by atoms with Crippen molar-refractivity contribution in [1.29, 1.82) is 0 Å². The molecule has 122 valence electrons. The lowest BCUT2D eigenvalue weighted by molar-refractivity contribution is -0.141. The zero-order valence-electron chi connectivity index (χ0n) is 11.9. The van der Waals surface area contributed by atoms with Crippen LogP contribution in [0.5, 0.6) is 0 Å². The third-order valence-electron chi connectivity index (χ3n) is 2.90. The van der Waals surface area contributed by atoms with Gasteiger partial charge in [0.15, 0.2) is 15.9 Å². The third kappa shape index (κ3) is 6.66. The largest absolute Gasteiger partial charge is 0.480 e. The predicted molar refractivity (Wildman–Crippen MR) is 79.0 cm³/mol. The lowest BCUT2D eigenvalue weighted by Gasteiger charge is -2.11. The van der Waals surface area contributed by atoms with E-state index in [1.165, 1.54) is 0 Å². The zero-order chi connectivity index (χ0) is 16.6. The summed E-state index contributed by atoms with van der Waals surface area (Å²) in [6.07, 6.45) is 0.912. The number of carboxylic acid groups (broad SMARTS) is 1. The quantitative estimate of drug-likeness (QED) is 0.689. The smallest absolute Gasteiger partial charge is 0.328 e. The highest BCUT2D eigenvalue weighted by Crippen LogP contribution is 2.04. The van der Waals surface area contributed by atoms with Gasteiger partial charge in [-0.2, -0.15) is 0 Å². The second-order valence-corrected chi connectivity index (χ2v) is 6.98. The van der Waals surface area contributed by atoms with E-state index in [4.69, 9.17) is 5.11 Å². The van der Waals surface area contributed by atoms with Crippen LogP contribution in [0.15, 0.2) is 30.3 Å². The molecular formula is C14H18FNO5S. The van der Waals surface area contributed by atoms with Crippen molar-refractivity contribution in [1.82, 2.24) is 5.32 Å². The van der Waals surface area contributed by atoms with E-state index in [1.807, 2.05) is 35.6 Å². The minimum Gasteiger partial charge on any atom is -0.480 e. The molecule has 0 aliphatic rings. The lowest BCUT2D eigenvalue weighted by atomic mass is 10.1. The van der Waals surface area contributed by atoms with E-state index >= 15 is 0 Å². The van der Waals surface area contributed by atoms with Gasteiger partial charge in [-0.3, -0.25) is 4.79 Å². The molecule has 0 radical (unpaired) electrons. The van der Waals surface area contributed by atoms with Gasteiger partial charge in [0, 0.05) is 0 Å². The molecule has 1 unspecified atom stereocenters. The molecule has 0 aliphatic heterocycles. The molecule has 1 rings (SSSR count). The second kappa shape index (κ2) is 8.47. The summed E-state index contributed by atoms with van der Waals surface area (Å²) in [6, 6.07) is 7.58. The Balaban J connectivity index is 2.43. The monoisotopic (exact) mass is 331 g/mol. The number of alkyl halides is 1. The molecule has 1 atom stereocenters. The fourth-order valence-electron chi connectivity index (χ4n) is 1.82. The fourth-order valence-corrected chi connectivity index (χ4v) is 3.03. The van der Waals surface area contributed by atoms with Gasteiger partial charge >= 0.3 is 5.97 Å². The Bertz CT molecular complexity index is 603. The maximum absolute atomic E-state index is 12.3. The zero-order valence-corrected chi connectivity index (χ0v) is 12.7. The molecule has 6 nitrogen and oxygen atoms in total. The van der Waals surface area contributed by atoms with Crippen LogP contribution in [0, 0.1) is 0 Å². The van der Waals surface area contributed by atoms with Gasteiger partial charge in [-0.25, -0.2) is 17.6 Å². The Morgan fingerprint density at radius 1 is 1.23 bits per heavy atom. The average Bonchev–Trinajstić information content (AvgIpc) is 2.44. The van der Waals surface area contributed by atoms with Crippen molar-refractivity contribution in [2.75, 3.05) is 18.2 Å². The molecule has 22 heavy (non-hydrogen) atoms.